The molecule has 2 unspecified atom stereocenters. The van der Waals surface area contributed by atoms with Gasteiger partial charge in [-0.25, -0.2) is 0 Å². The number of halogens is 1. The molecular weight excluding hydrogens is 314 g/mol. The lowest BCUT2D eigenvalue weighted by Crippen LogP contribution is -2.42. The molecule has 2 aliphatic rings. The molecule has 3 rings (SSSR count). The average Bonchev–Trinajstić information content (AvgIpc) is 2.46. The normalized spacial score (nSPS) is 26.2. The van der Waals surface area contributed by atoms with Gasteiger partial charge in [-0.3, -0.25) is 4.79 Å². The van der Waals surface area contributed by atoms with Gasteiger partial charge in [-0.1, -0.05) is 35.2 Å². The van der Waals surface area contributed by atoms with Gasteiger partial charge < -0.3 is 4.90 Å². The summed E-state index contributed by atoms with van der Waals surface area (Å²) < 4.78 is 0.985. The molecule has 0 spiro atoms. The molecule has 0 bridgehead atoms. The molecule has 1 saturated heterocycles. The number of ketones is 1. The lowest BCUT2D eigenvalue weighted by atomic mass is 9.75. The van der Waals surface area contributed by atoms with Crippen molar-refractivity contribution in [2.45, 2.75) is 39.0 Å². The second-order valence-electron chi connectivity index (χ2n) is 6.26. The number of rotatable bonds is 2. The molecule has 0 radical (unpaired) electrons. The van der Waals surface area contributed by atoms with Crippen LogP contribution in [0.3, 0.4) is 0 Å². The highest BCUT2D eigenvalue weighted by atomic mass is 79.9. The molecule has 2 fully saturated rings. The Hall–Kier alpha value is -0.830. The van der Waals surface area contributed by atoms with Crippen molar-refractivity contribution in [2.24, 2.45) is 11.8 Å². The topological polar surface area (TPSA) is 20.3 Å². The highest BCUT2D eigenvalue weighted by Gasteiger charge is 2.32. The molecule has 0 N–H and O–H groups in total. The van der Waals surface area contributed by atoms with Gasteiger partial charge in [0.2, 0.25) is 0 Å². The number of fused-ring (bicyclic) bond motifs is 1. The number of carbonyl (C=O) groups is 1. The van der Waals surface area contributed by atoms with Crippen LogP contribution in [-0.4, -0.2) is 18.9 Å². The maximum atomic E-state index is 11.9. The van der Waals surface area contributed by atoms with Crippen LogP contribution in [0.5, 0.6) is 0 Å². The van der Waals surface area contributed by atoms with Crippen LogP contribution in [-0.2, 0) is 0 Å². The van der Waals surface area contributed by atoms with E-state index in [1.54, 1.807) is 6.92 Å². The zero-order valence-electron chi connectivity index (χ0n) is 12.1. The number of carbonyl (C=O) groups excluding carboxylic acids is 1. The van der Waals surface area contributed by atoms with Crippen molar-refractivity contribution in [1.29, 1.82) is 0 Å². The largest absolute Gasteiger partial charge is 0.371 e. The van der Waals surface area contributed by atoms with Crippen LogP contribution < -0.4 is 4.90 Å². The number of piperidine rings is 1. The molecular formula is C17H22BrNO. The first-order chi connectivity index (χ1) is 9.65. The van der Waals surface area contributed by atoms with E-state index in [2.05, 4.69) is 33.0 Å². The van der Waals surface area contributed by atoms with Crippen molar-refractivity contribution in [2.75, 3.05) is 18.0 Å². The molecule has 2 atom stereocenters. The summed E-state index contributed by atoms with van der Waals surface area (Å²) in [4.78, 5) is 14.3. The third-order valence-corrected chi connectivity index (χ3v) is 5.46. The standard InChI is InChI=1S/C17H22BrNO/c1-12(20)16-10-15(18)6-7-17(16)19-9-8-13-4-2-3-5-14(13)11-19/h6-7,10,13-14H,2-5,8-9,11H2,1H3. The summed E-state index contributed by atoms with van der Waals surface area (Å²) in [5, 5.41) is 0. The summed E-state index contributed by atoms with van der Waals surface area (Å²) in [5.74, 6) is 1.92. The van der Waals surface area contributed by atoms with Gasteiger partial charge in [0.05, 0.1) is 0 Å². The minimum atomic E-state index is 0.159. The van der Waals surface area contributed by atoms with Gasteiger partial charge in [0.1, 0.15) is 0 Å². The van der Waals surface area contributed by atoms with Gasteiger partial charge >= 0.3 is 0 Å². The van der Waals surface area contributed by atoms with Crippen molar-refractivity contribution >= 4 is 27.4 Å². The minimum Gasteiger partial charge on any atom is -0.371 e. The predicted molar refractivity (Wildman–Crippen MR) is 86.4 cm³/mol. The third kappa shape index (κ3) is 2.78. The molecule has 1 heterocycles. The summed E-state index contributed by atoms with van der Waals surface area (Å²) in [6.45, 7) is 3.90. The fraction of sp³-hybridized carbons (Fsp3) is 0.588. The smallest absolute Gasteiger partial charge is 0.161 e. The Morgan fingerprint density at radius 1 is 1.20 bits per heavy atom. The van der Waals surface area contributed by atoms with Gasteiger partial charge in [0.25, 0.3) is 0 Å². The van der Waals surface area contributed by atoms with E-state index in [-0.39, 0.29) is 5.78 Å². The average molecular weight is 336 g/mol. The van der Waals surface area contributed by atoms with E-state index < -0.39 is 0 Å². The highest BCUT2D eigenvalue weighted by Crippen LogP contribution is 2.38. The summed E-state index contributed by atoms with van der Waals surface area (Å²) in [6.07, 6.45) is 6.87. The van der Waals surface area contributed by atoms with Crippen molar-refractivity contribution in [3.05, 3.63) is 28.2 Å². The van der Waals surface area contributed by atoms with E-state index in [1.165, 1.54) is 32.1 Å². The summed E-state index contributed by atoms with van der Waals surface area (Å²) in [7, 11) is 0. The van der Waals surface area contributed by atoms with Crippen LogP contribution in [0.4, 0.5) is 5.69 Å². The van der Waals surface area contributed by atoms with E-state index in [1.807, 2.05) is 6.07 Å². The number of benzene rings is 1. The Bertz CT molecular complexity index is 514. The lowest BCUT2D eigenvalue weighted by Gasteiger charge is -2.42. The maximum absolute atomic E-state index is 11.9. The van der Waals surface area contributed by atoms with Gasteiger partial charge in [-0.2, -0.15) is 0 Å². The SMILES string of the molecule is CC(=O)c1cc(Br)ccc1N1CCC2CCCCC2C1. The van der Waals surface area contributed by atoms with E-state index in [0.29, 0.717) is 0 Å². The lowest BCUT2D eigenvalue weighted by molar-refractivity contribution is 0.101. The molecule has 3 heteroatoms. The Labute approximate surface area is 129 Å². The van der Waals surface area contributed by atoms with Crippen LogP contribution in [0.15, 0.2) is 22.7 Å². The molecule has 1 aliphatic carbocycles. The van der Waals surface area contributed by atoms with Crippen molar-refractivity contribution in [3.63, 3.8) is 0 Å². The summed E-state index contributed by atoms with van der Waals surface area (Å²) in [5.41, 5.74) is 1.98. The second kappa shape index (κ2) is 5.88. The van der Waals surface area contributed by atoms with Gasteiger partial charge in [0.15, 0.2) is 5.78 Å². The molecule has 2 nitrogen and oxygen atoms in total. The van der Waals surface area contributed by atoms with E-state index in [4.69, 9.17) is 0 Å². The van der Waals surface area contributed by atoms with E-state index >= 15 is 0 Å². The molecule has 1 aromatic carbocycles. The number of hydrogen-bond acceptors (Lipinski definition) is 2. The summed E-state index contributed by atoms with van der Waals surface area (Å²) in [6, 6.07) is 6.11. The van der Waals surface area contributed by atoms with Crippen LogP contribution >= 0.6 is 15.9 Å². The Balaban J connectivity index is 1.84. The number of anilines is 1. The molecule has 1 aromatic rings. The quantitative estimate of drug-likeness (QED) is 0.732. The first kappa shape index (κ1) is 14.1. The highest BCUT2D eigenvalue weighted by molar-refractivity contribution is 9.10. The van der Waals surface area contributed by atoms with Gasteiger partial charge in [-0.15, -0.1) is 0 Å². The molecule has 1 saturated carbocycles. The van der Waals surface area contributed by atoms with E-state index in [9.17, 15) is 4.79 Å². The number of hydrogen-bond donors (Lipinski definition) is 0. The van der Waals surface area contributed by atoms with Crippen molar-refractivity contribution in [1.82, 2.24) is 0 Å². The number of Topliss-reactive ketones (excluding diaryl/α,β-unsaturated/α-hetero) is 1. The van der Waals surface area contributed by atoms with Gasteiger partial charge in [-0.05, 0) is 49.8 Å². The van der Waals surface area contributed by atoms with Crippen molar-refractivity contribution in [3.8, 4) is 0 Å². The van der Waals surface area contributed by atoms with Crippen LogP contribution in [0.1, 0.15) is 49.4 Å². The predicted octanol–water partition coefficient (Wildman–Crippen LogP) is 4.67. The first-order valence-corrected chi connectivity index (χ1v) is 8.50. The fourth-order valence-electron chi connectivity index (χ4n) is 3.89. The zero-order valence-corrected chi connectivity index (χ0v) is 13.7. The van der Waals surface area contributed by atoms with E-state index in [0.717, 1.165) is 40.6 Å². The van der Waals surface area contributed by atoms with Crippen molar-refractivity contribution < 1.29 is 4.79 Å². The number of nitrogens with zero attached hydrogens (tertiary/aromatic N) is 1. The van der Waals surface area contributed by atoms with Crippen LogP contribution in [0.2, 0.25) is 0 Å². The Morgan fingerprint density at radius 2 is 1.95 bits per heavy atom. The third-order valence-electron chi connectivity index (χ3n) is 4.97. The maximum Gasteiger partial charge on any atom is 0.161 e. The van der Waals surface area contributed by atoms with Gasteiger partial charge in [0, 0.05) is 28.8 Å². The summed E-state index contributed by atoms with van der Waals surface area (Å²) >= 11 is 3.47. The fourth-order valence-corrected chi connectivity index (χ4v) is 4.25. The monoisotopic (exact) mass is 335 g/mol. The van der Waals surface area contributed by atoms with Crippen LogP contribution in [0, 0.1) is 11.8 Å². The Morgan fingerprint density at radius 3 is 2.70 bits per heavy atom. The molecule has 0 aromatic heterocycles. The van der Waals surface area contributed by atoms with Crippen LogP contribution in [0.25, 0.3) is 0 Å². The zero-order chi connectivity index (χ0) is 14.1. The second-order valence-corrected chi connectivity index (χ2v) is 7.17. The molecule has 108 valence electrons. The first-order valence-electron chi connectivity index (χ1n) is 7.70. The molecule has 1 aliphatic heterocycles. The Kier molecular flexibility index (Phi) is 4.16. The minimum absolute atomic E-state index is 0.159. The molecule has 0 amide bonds. The molecule has 20 heavy (non-hydrogen) atoms.